The first-order valence-corrected chi connectivity index (χ1v) is 9.72. The monoisotopic (exact) mass is 390 g/mol. The van der Waals surface area contributed by atoms with Crippen LogP contribution in [0.15, 0.2) is 53.6 Å². The number of hydrogen-bond acceptors (Lipinski definition) is 6. The molecule has 0 spiro atoms. The Hall–Kier alpha value is -3.00. The Morgan fingerprint density at radius 1 is 1.26 bits per heavy atom. The van der Waals surface area contributed by atoms with Crippen molar-refractivity contribution in [3.05, 3.63) is 65.4 Å². The number of carboxylic acids is 1. The summed E-state index contributed by atoms with van der Waals surface area (Å²) in [6.45, 7) is 0.352. The molecule has 0 saturated heterocycles. The van der Waals surface area contributed by atoms with Gasteiger partial charge in [-0.05, 0) is 23.8 Å². The minimum absolute atomic E-state index is 0.0780. The van der Waals surface area contributed by atoms with Crippen molar-refractivity contribution in [2.45, 2.75) is 16.6 Å². The van der Waals surface area contributed by atoms with E-state index in [0.29, 0.717) is 12.2 Å². The standard InChI is InChI=1S/C19H18O7S/c1-25-18-14(12-8-9-26-10-12)7-6-13(17(18)19(21)22)11-27(23,24)16-5-3-2-4-15(16)20/h2-9,12,20H,10-11H2,1H3,(H,21,22). The molecule has 142 valence electrons. The average molecular weight is 390 g/mol. The highest BCUT2D eigenvalue weighted by atomic mass is 32.2. The van der Waals surface area contributed by atoms with Crippen molar-refractivity contribution in [1.29, 1.82) is 0 Å². The lowest BCUT2D eigenvalue weighted by molar-refractivity contribution is 0.0692. The summed E-state index contributed by atoms with van der Waals surface area (Å²) in [5.74, 6) is -2.33. The van der Waals surface area contributed by atoms with E-state index in [0.717, 1.165) is 0 Å². The number of methoxy groups -OCH3 is 1. The van der Waals surface area contributed by atoms with Gasteiger partial charge in [0, 0.05) is 11.5 Å². The molecule has 27 heavy (non-hydrogen) atoms. The number of carbonyl (C=O) groups is 1. The molecule has 1 aliphatic rings. The summed E-state index contributed by atoms with van der Waals surface area (Å²) in [5, 5.41) is 19.5. The highest BCUT2D eigenvalue weighted by Gasteiger charge is 2.28. The summed E-state index contributed by atoms with van der Waals surface area (Å²) >= 11 is 0. The van der Waals surface area contributed by atoms with Crippen molar-refractivity contribution < 1.29 is 32.9 Å². The quantitative estimate of drug-likeness (QED) is 0.780. The van der Waals surface area contributed by atoms with Crippen molar-refractivity contribution in [1.82, 2.24) is 0 Å². The van der Waals surface area contributed by atoms with Gasteiger partial charge in [-0.25, -0.2) is 13.2 Å². The number of aromatic hydroxyl groups is 1. The highest BCUT2D eigenvalue weighted by molar-refractivity contribution is 7.90. The van der Waals surface area contributed by atoms with Gasteiger partial charge in [0.1, 0.15) is 22.0 Å². The van der Waals surface area contributed by atoms with E-state index in [4.69, 9.17) is 9.47 Å². The molecule has 1 heterocycles. The predicted octanol–water partition coefficient (Wildman–Crippen LogP) is 2.70. The molecule has 3 rings (SSSR count). The van der Waals surface area contributed by atoms with E-state index in [1.807, 2.05) is 0 Å². The van der Waals surface area contributed by atoms with E-state index >= 15 is 0 Å². The van der Waals surface area contributed by atoms with Gasteiger partial charge in [-0.2, -0.15) is 0 Å². The molecule has 8 heteroatoms. The number of benzene rings is 2. The van der Waals surface area contributed by atoms with Gasteiger partial charge in [-0.3, -0.25) is 0 Å². The fourth-order valence-electron chi connectivity index (χ4n) is 3.07. The first kappa shape index (κ1) is 18.8. The fraction of sp³-hybridized carbons (Fsp3) is 0.211. The number of ether oxygens (including phenoxy) is 2. The molecule has 0 radical (unpaired) electrons. The topological polar surface area (TPSA) is 110 Å². The predicted molar refractivity (Wildman–Crippen MR) is 96.8 cm³/mol. The van der Waals surface area contributed by atoms with Crippen LogP contribution in [0.4, 0.5) is 0 Å². The van der Waals surface area contributed by atoms with Crippen LogP contribution in [0.1, 0.15) is 27.4 Å². The van der Waals surface area contributed by atoms with Crippen molar-refractivity contribution >= 4 is 15.8 Å². The Bertz CT molecular complexity index is 1010. The molecule has 0 fully saturated rings. The Morgan fingerprint density at radius 2 is 2.00 bits per heavy atom. The number of carboxylic acid groups (broad SMARTS) is 1. The molecule has 1 aliphatic heterocycles. The maximum absolute atomic E-state index is 12.7. The van der Waals surface area contributed by atoms with Crippen LogP contribution in [-0.2, 0) is 20.3 Å². The third-order valence-electron chi connectivity index (χ3n) is 4.32. The number of phenolic OH excluding ortho intramolecular Hbond substituents is 1. The largest absolute Gasteiger partial charge is 0.507 e. The van der Waals surface area contributed by atoms with Gasteiger partial charge in [0.2, 0.25) is 0 Å². The van der Waals surface area contributed by atoms with Crippen molar-refractivity contribution in [2.75, 3.05) is 13.7 Å². The summed E-state index contributed by atoms with van der Waals surface area (Å²) in [4.78, 5) is 11.6. The minimum Gasteiger partial charge on any atom is -0.507 e. The first-order valence-electron chi connectivity index (χ1n) is 8.07. The Balaban J connectivity index is 2.09. The number of para-hydroxylation sites is 1. The lowest BCUT2D eigenvalue weighted by Gasteiger charge is -2.18. The molecule has 7 nitrogen and oxygen atoms in total. The van der Waals surface area contributed by atoms with Gasteiger partial charge < -0.3 is 19.7 Å². The SMILES string of the molecule is COc1c(C2C=COC2)ccc(CS(=O)(=O)c2ccccc2O)c1C(=O)O. The highest BCUT2D eigenvalue weighted by Crippen LogP contribution is 2.37. The van der Waals surface area contributed by atoms with Crippen LogP contribution >= 0.6 is 0 Å². The van der Waals surface area contributed by atoms with Crippen LogP contribution in [-0.4, -0.2) is 38.3 Å². The summed E-state index contributed by atoms with van der Waals surface area (Å²) in [6.07, 6.45) is 3.31. The van der Waals surface area contributed by atoms with E-state index in [1.165, 1.54) is 43.7 Å². The lowest BCUT2D eigenvalue weighted by atomic mass is 9.94. The Labute approximate surface area is 156 Å². The maximum atomic E-state index is 12.7. The maximum Gasteiger partial charge on any atom is 0.339 e. The minimum atomic E-state index is -3.96. The Morgan fingerprint density at radius 3 is 2.59 bits per heavy atom. The normalized spacial score (nSPS) is 16.1. The van der Waals surface area contributed by atoms with Gasteiger partial charge in [-0.15, -0.1) is 0 Å². The van der Waals surface area contributed by atoms with Gasteiger partial charge in [0.15, 0.2) is 9.84 Å². The van der Waals surface area contributed by atoms with E-state index in [9.17, 15) is 23.4 Å². The van der Waals surface area contributed by atoms with Crippen LogP contribution in [0.25, 0.3) is 0 Å². The van der Waals surface area contributed by atoms with Gasteiger partial charge >= 0.3 is 5.97 Å². The second-order valence-electron chi connectivity index (χ2n) is 6.02. The van der Waals surface area contributed by atoms with Crippen molar-refractivity contribution in [2.24, 2.45) is 0 Å². The van der Waals surface area contributed by atoms with Gasteiger partial charge in [0.05, 0.1) is 25.7 Å². The van der Waals surface area contributed by atoms with Crippen molar-refractivity contribution in [3.63, 3.8) is 0 Å². The van der Waals surface area contributed by atoms with E-state index in [1.54, 1.807) is 12.1 Å². The molecule has 2 aromatic carbocycles. The van der Waals surface area contributed by atoms with Crippen LogP contribution in [0.5, 0.6) is 11.5 Å². The number of phenols is 1. The molecule has 0 bridgehead atoms. The summed E-state index contributed by atoms with van der Waals surface area (Å²) in [7, 11) is -2.63. The molecule has 0 amide bonds. The van der Waals surface area contributed by atoms with Gasteiger partial charge in [0.25, 0.3) is 0 Å². The molecule has 2 aromatic rings. The zero-order chi connectivity index (χ0) is 19.6. The molecule has 0 saturated carbocycles. The molecule has 0 aliphatic carbocycles. The molecule has 1 atom stereocenters. The smallest absolute Gasteiger partial charge is 0.339 e. The number of aromatic carboxylic acids is 1. The molecule has 2 N–H and O–H groups in total. The number of rotatable bonds is 6. The summed E-state index contributed by atoms with van der Waals surface area (Å²) in [6, 6.07) is 8.64. The zero-order valence-electron chi connectivity index (χ0n) is 14.5. The molecular formula is C19H18O7S. The van der Waals surface area contributed by atoms with Crippen LogP contribution in [0.3, 0.4) is 0 Å². The van der Waals surface area contributed by atoms with Gasteiger partial charge in [-0.1, -0.05) is 24.3 Å². The second kappa shape index (κ2) is 7.32. The molecule has 1 unspecified atom stereocenters. The third kappa shape index (κ3) is 3.61. The van der Waals surface area contributed by atoms with Crippen LogP contribution in [0.2, 0.25) is 0 Å². The fourth-order valence-corrected chi connectivity index (χ4v) is 4.55. The summed E-state index contributed by atoms with van der Waals surface area (Å²) in [5.41, 5.74) is 0.468. The Kier molecular flexibility index (Phi) is 5.09. The van der Waals surface area contributed by atoms with E-state index in [2.05, 4.69) is 0 Å². The average Bonchev–Trinajstić information content (AvgIpc) is 3.15. The first-order chi connectivity index (χ1) is 12.8. The second-order valence-corrected chi connectivity index (χ2v) is 7.98. The summed E-state index contributed by atoms with van der Waals surface area (Å²) < 4.78 is 35.9. The zero-order valence-corrected chi connectivity index (χ0v) is 15.3. The van der Waals surface area contributed by atoms with E-state index in [-0.39, 0.29) is 33.4 Å². The number of hydrogen-bond donors (Lipinski definition) is 2. The number of sulfone groups is 1. The van der Waals surface area contributed by atoms with Crippen molar-refractivity contribution in [3.8, 4) is 11.5 Å². The third-order valence-corrected chi connectivity index (χ3v) is 6.03. The molecule has 0 aromatic heterocycles. The lowest BCUT2D eigenvalue weighted by Crippen LogP contribution is -2.13. The molecular weight excluding hydrogens is 372 g/mol. The van der Waals surface area contributed by atoms with E-state index < -0.39 is 21.6 Å². The van der Waals surface area contributed by atoms with Crippen LogP contribution < -0.4 is 4.74 Å². The van der Waals surface area contributed by atoms with Crippen LogP contribution in [0, 0.1) is 0 Å².